The van der Waals surface area contributed by atoms with Crippen molar-refractivity contribution in [2.24, 2.45) is 0 Å². The smallest absolute Gasteiger partial charge is 0.446 e. The molecule has 122 valence electrons. The van der Waals surface area contributed by atoms with Crippen molar-refractivity contribution in [3.63, 3.8) is 0 Å². The average Bonchev–Trinajstić information content (AvgIpc) is 2.37. The van der Waals surface area contributed by atoms with Gasteiger partial charge in [0, 0.05) is 10.5 Å². The van der Waals surface area contributed by atoms with E-state index in [9.17, 15) is 22.4 Å². The van der Waals surface area contributed by atoms with E-state index in [1.54, 1.807) is 0 Å². The summed E-state index contributed by atoms with van der Waals surface area (Å²) in [5.74, 6) is -2.42. The summed E-state index contributed by atoms with van der Waals surface area (Å²) in [6.07, 6.45) is 0. The molecule has 0 unspecified atom stereocenters. The predicted molar refractivity (Wildman–Crippen MR) is 78.5 cm³/mol. The highest BCUT2D eigenvalue weighted by Gasteiger charge is 2.29. The minimum Gasteiger partial charge on any atom is -0.476 e. The van der Waals surface area contributed by atoms with Gasteiger partial charge in [0.1, 0.15) is 5.69 Å². The number of alkyl halides is 3. The molecular formula is C13H5Cl2F4NO2S. The molecule has 0 aliphatic rings. The molecule has 2 aromatic rings. The number of carbonyl (C=O) groups is 1. The van der Waals surface area contributed by atoms with E-state index in [0.29, 0.717) is 0 Å². The number of thioether (sulfide) groups is 1. The Morgan fingerprint density at radius 3 is 2.35 bits per heavy atom. The molecule has 0 atom stereocenters. The van der Waals surface area contributed by atoms with Crippen molar-refractivity contribution in [3.8, 4) is 11.3 Å². The lowest BCUT2D eigenvalue weighted by Crippen LogP contribution is -2.04. The Labute approximate surface area is 141 Å². The van der Waals surface area contributed by atoms with Crippen molar-refractivity contribution in [1.82, 2.24) is 4.98 Å². The van der Waals surface area contributed by atoms with Gasteiger partial charge in [-0.05, 0) is 30.0 Å². The monoisotopic (exact) mass is 385 g/mol. The summed E-state index contributed by atoms with van der Waals surface area (Å²) in [5.41, 5.74) is -5.55. The molecule has 0 radical (unpaired) electrons. The molecule has 3 nitrogen and oxygen atoms in total. The van der Waals surface area contributed by atoms with E-state index in [1.165, 1.54) is 0 Å². The third-order valence-corrected chi connectivity index (χ3v) is 3.88. The van der Waals surface area contributed by atoms with Gasteiger partial charge in [0.25, 0.3) is 0 Å². The number of aromatic carboxylic acids is 1. The number of halogens is 6. The second-order valence-electron chi connectivity index (χ2n) is 4.14. The number of rotatable bonds is 3. The van der Waals surface area contributed by atoms with Crippen LogP contribution in [0.25, 0.3) is 11.3 Å². The van der Waals surface area contributed by atoms with Gasteiger partial charge in [-0.25, -0.2) is 14.2 Å². The van der Waals surface area contributed by atoms with Crippen LogP contribution in [0.4, 0.5) is 17.6 Å². The van der Waals surface area contributed by atoms with Crippen LogP contribution in [0, 0.1) is 5.82 Å². The minimum absolute atomic E-state index is 0.0464. The molecule has 1 aromatic heterocycles. The van der Waals surface area contributed by atoms with Gasteiger partial charge in [0.2, 0.25) is 0 Å². The SMILES string of the molecule is O=C(O)c1nc(-c2ccc(SC(F)(F)F)cc2Cl)c(F)cc1Cl. The lowest BCUT2D eigenvalue weighted by atomic mass is 10.1. The van der Waals surface area contributed by atoms with Crippen molar-refractivity contribution >= 4 is 40.9 Å². The lowest BCUT2D eigenvalue weighted by Gasteiger charge is -2.10. The number of nitrogens with zero attached hydrogens (tertiary/aromatic N) is 1. The third kappa shape index (κ3) is 4.27. The van der Waals surface area contributed by atoms with Crippen molar-refractivity contribution < 1.29 is 27.5 Å². The fourth-order valence-electron chi connectivity index (χ4n) is 1.69. The summed E-state index contributed by atoms with van der Waals surface area (Å²) in [5, 5.41) is 8.33. The van der Waals surface area contributed by atoms with E-state index < -0.39 is 33.7 Å². The van der Waals surface area contributed by atoms with E-state index in [0.717, 1.165) is 24.3 Å². The van der Waals surface area contributed by atoms with E-state index in [1.807, 2.05) is 0 Å². The molecule has 0 aliphatic heterocycles. The molecule has 10 heteroatoms. The van der Waals surface area contributed by atoms with Crippen LogP contribution in [0.5, 0.6) is 0 Å². The molecule has 1 N–H and O–H groups in total. The highest BCUT2D eigenvalue weighted by molar-refractivity contribution is 8.00. The van der Waals surface area contributed by atoms with Gasteiger partial charge >= 0.3 is 11.5 Å². The second-order valence-corrected chi connectivity index (χ2v) is 6.10. The second kappa shape index (κ2) is 6.54. The molecule has 0 saturated carbocycles. The molecule has 0 spiro atoms. The summed E-state index contributed by atoms with van der Waals surface area (Å²) < 4.78 is 50.9. The molecule has 0 bridgehead atoms. The molecule has 1 heterocycles. The number of carboxylic acid groups (broad SMARTS) is 1. The van der Waals surface area contributed by atoms with Gasteiger partial charge in [-0.2, -0.15) is 13.2 Å². The third-order valence-electron chi connectivity index (χ3n) is 2.56. The summed E-state index contributed by atoms with van der Waals surface area (Å²) in [6, 6.07) is 3.95. The number of pyridine rings is 1. The molecule has 0 aliphatic carbocycles. The summed E-state index contributed by atoms with van der Waals surface area (Å²) >= 11 is 11.1. The Bertz CT molecular complexity index is 783. The Hall–Kier alpha value is -1.51. The Morgan fingerprint density at radius 2 is 1.83 bits per heavy atom. The Morgan fingerprint density at radius 1 is 1.17 bits per heavy atom. The molecule has 23 heavy (non-hydrogen) atoms. The molecule has 0 amide bonds. The maximum Gasteiger partial charge on any atom is 0.446 e. The van der Waals surface area contributed by atoms with Crippen LogP contribution in [0.15, 0.2) is 29.2 Å². The van der Waals surface area contributed by atoms with E-state index in [4.69, 9.17) is 28.3 Å². The predicted octanol–water partition coefficient (Wildman–Crippen LogP) is 5.50. The van der Waals surface area contributed by atoms with Crippen LogP contribution in [-0.4, -0.2) is 21.6 Å². The Kier molecular flexibility index (Phi) is 5.07. The Balaban J connectivity index is 2.51. The van der Waals surface area contributed by atoms with Crippen molar-refractivity contribution in [2.45, 2.75) is 10.4 Å². The van der Waals surface area contributed by atoms with Crippen LogP contribution in [0.3, 0.4) is 0 Å². The van der Waals surface area contributed by atoms with Crippen LogP contribution in [-0.2, 0) is 0 Å². The highest BCUT2D eigenvalue weighted by atomic mass is 35.5. The molecule has 2 rings (SSSR count). The average molecular weight is 386 g/mol. The fraction of sp³-hybridized carbons (Fsp3) is 0.0769. The van der Waals surface area contributed by atoms with Crippen molar-refractivity contribution in [2.75, 3.05) is 0 Å². The van der Waals surface area contributed by atoms with Gasteiger partial charge in [0.15, 0.2) is 11.5 Å². The molecule has 0 fully saturated rings. The van der Waals surface area contributed by atoms with Gasteiger partial charge in [-0.1, -0.05) is 29.3 Å². The van der Waals surface area contributed by atoms with E-state index in [2.05, 4.69) is 4.98 Å². The molecular weight excluding hydrogens is 381 g/mol. The minimum atomic E-state index is -4.49. The zero-order chi connectivity index (χ0) is 17.4. The zero-order valence-electron chi connectivity index (χ0n) is 10.8. The standard InChI is InChI=1S/C13H5Cl2F4NO2S/c14-7-3-5(23-13(17,18)19)1-2-6(7)10-9(16)4-8(15)11(20-10)12(21)22/h1-4H,(H,21,22). The topological polar surface area (TPSA) is 50.2 Å². The lowest BCUT2D eigenvalue weighted by molar-refractivity contribution is -0.0328. The van der Waals surface area contributed by atoms with Crippen LogP contribution < -0.4 is 0 Å². The van der Waals surface area contributed by atoms with Gasteiger partial charge in [0.05, 0.1) is 10.0 Å². The van der Waals surface area contributed by atoms with E-state index >= 15 is 0 Å². The summed E-state index contributed by atoms with van der Waals surface area (Å²) in [6.45, 7) is 0. The first-order chi connectivity index (χ1) is 10.6. The van der Waals surface area contributed by atoms with Crippen molar-refractivity contribution in [1.29, 1.82) is 0 Å². The van der Waals surface area contributed by atoms with Crippen molar-refractivity contribution in [3.05, 3.63) is 45.8 Å². The number of hydrogen-bond donors (Lipinski definition) is 1. The van der Waals surface area contributed by atoms with Gasteiger partial charge < -0.3 is 5.11 Å². The fourth-order valence-corrected chi connectivity index (χ4v) is 2.82. The zero-order valence-corrected chi connectivity index (χ0v) is 13.1. The molecule has 1 aromatic carbocycles. The number of hydrogen-bond acceptors (Lipinski definition) is 3. The normalized spacial score (nSPS) is 11.6. The first kappa shape index (κ1) is 17.8. The number of carboxylic acids is 1. The van der Waals surface area contributed by atoms with Crippen LogP contribution in [0.1, 0.15) is 10.5 Å². The first-order valence-corrected chi connectivity index (χ1v) is 7.30. The largest absolute Gasteiger partial charge is 0.476 e. The summed E-state index contributed by atoms with van der Waals surface area (Å²) in [7, 11) is 0. The first-order valence-electron chi connectivity index (χ1n) is 5.73. The highest BCUT2D eigenvalue weighted by Crippen LogP contribution is 2.40. The summed E-state index contributed by atoms with van der Waals surface area (Å²) in [4.78, 5) is 14.4. The maximum atomic E-state index is 13.9. The van der Waals surface area contributed by atoms with Crippen LogP contribution in [0.2, 0.25) is 10.0 Å². The number of benzene rings is 1. The quantitative estimate of drug-likeness (QED) is 0.559. The maximum absolute atomic E-state index is 13.9. The van der Waals surface area contributed by atoms with Crippen LogP contribution >= 0.6 is 35.0 Å². The van der Waals surface area contributed by atoms with Gasteiger partial charge in [-0.15, -0.1) is 0 Å². The molecule has 0 saturated heterocycles. The van der Waals surface area contributed by atoms with E-state index in [-0.39, 0.29) is 27.2 Å². The van der Waals surface area contributed by atoms with Gasteiger partial charge in [-0.3, -0.25) is 0 Å². The number of aromatic nitrogens is 1.